The summed E-state index contributed by atoms with van der Waals surface area (Å²) in [6.07, 6.45) is 1.96. The van der Waals surface area contributed by atoms with Gasteiger partial charge < -0.3 is 15.0 Å². The average molecular weight is 254 g/mol. The van der Waals surface area contributed by atoms with E-state index < -0.39 is 0 Å². The van der Waals surface area contributed by atoms with Crippen LogP contribution < -0.4 is 5.73 Å². The predicted molar refractivity (Wildman–Crippen MR) is 67.0 cm³/mol. The molecular weight excluding hydrogens is 232 g/mol. The van der Waals surface area contributed by atoms with Crippen LogP contribution in [0.15, 0.2) is 4.52 Å². The molecule has 18 heavy (non-hydrogen) atoms. The van der Waals surface area contributed by atoms with Gasteiger partial charge in [0.15, 0.2) is 5.82 Å². The van der Waals surface area contributed by atoms with E-state index in [9.17, 15) is 0 Å². The first-order valence-corrected chi connectivity index (χ1v) is 6.60. The first-order chi connectivity index (χ1) is 8.69. The van der Waals surface area contributed by atoms with E-state index in [0.717, 1.165) is 37.6 Å². The van der Waals surface area contributed by atoms with E-state index in [-0.39, 0.29) is 12.1 Å². The lowest BCUT2D eigenvalue weighted by Gasteiger charge is -2.33. The smallest absolute Gasteiger partial charge is 0.226 e. The molecule has 0 saturated carbocycles. The highest BCUT2D eigenvalue weighted by atomic mass is 16.5. The molecule has 1 saturated heterocycles. The van der Waals surface area contributed by atoms with Crippen LogP contribution in [0, 0.1) is 0 Å². The van der Waals surface area contributed by atoms with Crippen molar-refractivity contribution in [3.63, 3.8) is 0 Å². The first kappa shape index (κ1) is 13.5. The average Bonchev–Trinajstić information content (AvgIpc) is 2.77. The molecule has 102 valence electrons. The largest absolute Gasteiger partial charge is 0.374 e. The molecule has 6 nitrogen and oxygen atoms in total. The molecule has 2 unspecified atom stereocenters. The number of nitrogens with zero attached hydrogens (tertiary/aromatic N) is 3. The molecule has 1 aliphatic heterocycles. The number of rotatable bonds is 5. The van der Waals surface area contributed by atoms with Crippen molar-refractivity contribution in [2.24, 2.45) is 5.73 Å². The summed E-state index contributed by atoms with van der Waals surface area (Å²) in [6, 6.07) is 0.0497. The van der Waals surface area contributed by atoms with Crippen LogP contribution in [-0.4, -0.2) is 46.9 Å². The molecule has 0 aliphatic carbocycles. The normalized spacial score (nSPS) is 23.2. The van der Waals surface area contributed by atoms with Crippen molar-refractivity contribution in [1.29, 1.82) is 0 Å². The molecule has 1 aromatic heterocycles. The Morgan fingerprint density at radius 3 is 3.11 bits per heavy atom. The van der Waals surface area contributed by atoms with Crippen molar-refractivity contribution < 1.29 is 9.26 Å². The number of ether oxygens (including phenoxy) is 1. The molecular formula is C12H22N4O2. The highest BCUT2D eigenvalue weighted by Crippen LogP contribution is 2.11. The maximum absolute atomic E-state index is 5.86. The lowest BCUT2D eigenvalue weighted by molar-refractivity contribution is -0.0411. The maximum Gasteiger partial charge on any atom is 0.226 e. The van der Waals surface area contributed by atoms with Crippen LogP contribution in [0.3, 0.4) is 0 Å². The molecule has 0 radical (unpaired) electrons. The Kier molecular flexibility index (Phi) is 4.68. The van der Waals surface area contributed by atoms with Crippen LogP contribution in [0.1, 0.15) is 32.0 Å². The van der Waals surface area contributed by atoms with Gasteiger partial charge in [0.25, 0.3) is 0 Å². The van der Waals surface area contributed by atoms with Crippen molar-refractivity contribution in [3.8, 4) is 0 Å². The third kappa shape index (κ3) is 3.51. The molecule has 0 amide bonds. The lowest BCUT2D eigenvalue weighted by Crippen LogP contribution is -2.49. The van der Waals surface area contributed by atoms with E-state index in [1.165, 1.54) is 0 Å². The summed E-state index contributed by atoms with van der Waals surface area (Å²) in [6.45, 7) is 7.21. The van der Waals surface area contributed by atoms with Crippen LogP contribution in [0.2, 0.25) is 0 Å². The molecule has 6 heteroatoms. The number of aromatic nitrogens is 2. The molecule has 2 rings (SSSR count). The van der Waals surface area contributed by atoms with E-state index in [1.807, 2.05) is 6.92 Å². The fraction of sp³-hybridized carbons (Fsp3) is 0.833. The Morgan fingerprint density at radius 2 is 2.39 bits per heavy atom. The summed E-state index contributed by atoms with van der Waals surface area (Å²) in [7, 11) is 0. The second-order valence-electron chi connectivity index (χ2n) is 4.86. The van der Waals surface area contributed by atoms with E-state index in [4.69, 9.17) is 15.0 Å². The number of hydrogen-bond donors (Lipinski definition) is 1. The molecule has 2 N–H and O–H groups in total. The quantitative estimate of drug-likeness (QED) is 0.827. The van der Waals surface area contributed by atoms with Crippen LogP contribution in [0.25, 0.3) is 0 Å². The van der Waals surface area contributed by atoms with Gasteiger partial charge in [-0.3, -0.25) is 4.90 Å². The van der Waals surface area contributed by atoms with Gasteiger partial charge in [-0.25, -0.2) is 0 Å². The second kappa shape index (κ2) is 6.26. The van der Waals surface area contributed by atoms with Crippen molar-refractivity contribution in [2.75, 3.05) is 19.7 Å². The summed E-state index contributed by atoms with van der Waals surface area (Å²) in [5, 5.41) is 4.00. The second-order valence-corrected chi connectivity index (χ2v) is 4.86. The van der Waals surface area contributed by atoms with Crippen LogP contribution in [0.5, 0.6) is 0 Å². The van der Waals surface area contributed by atoms with E-state index >= 15 is 0 Å². The Balaban J connectivity index is 1.87. The molecule has 1 fully saturated rings. The highest BCUT2D eigenvalue weighted by molar-refractivity contribution is 4.88. The van der Waals surface area contributed by atoms with E-state index in [0.29, 0.717) is 13.2 Å². The predicted octanol–water partition coefficient (Wildman–Crippen LogP) is 0.570. The summed E-state index contributed by atoms with van der Waals surface area (Å²) in [5.74, 6) is 1.48. The molecule has 2 atom stereocenters. The van der Waals surface area contributed by atoms with E-state index in [2.05, 4.69) is 22.0 Å². The van der Waals surface area contributed by atoms with Gasteiger partial charge in [-0.15, -0.1) is 0 Å². The maximum atomic E-state index is 5.86. The minimum atomic E-state index is 0.0497. The summed E-state index contributed by atoms with van der Waals surface area (Å²) < 4.78 is 10.8. The number of morpholine rings is 1. The van der Waals surface area contributed by atoms with Crippen LogP contribution in [-0.2, 0) is 17.7 Å². The zero-order valence-electron chi connectivity index (χ0n) is 11.1. The Hall–Kier alpha value is -0.980. The van der Waals surface area contributed by atoms with Gasteiger partial charge in [0.1, 0.15) is 0 Å². The molecule has 0 bridgehead atoms. The fourth-order valence-electron chi connectivity index (χ4n) is 2.06. The van der Waals surface area contributed by atoms with Crippen molar-refractivity contribution in [1.82, 2.24) is 15.0 Å². The van der Waals surface area contributed by atoms with Gasteiger partial charge in [0, 0.05) is 25.6 Å². The summed E-state index contributed by atoms with van der Waals surface area (Å²) in [4.78, 5) is 6.63. The molecule has 2 heterocycles. The van der Waals surface area contributed by atoms with Gasteiger partial charge >= 0.3 is 0 Å². The van der Waals surface area contributed by atoms with Crippen LogP contribution >= 0.6 is 0 Å². The highest BCUT2D eigenvalue weighted by Gasteiger charge is 2.24. The summed E-state index contributed by atoms with van der Waals surface area (Å²) in [5.41, 5.74) is 5.86. The molecule has 1 aromatic rings. The molecule has 0 spiro atoms. The van der Waals surface area contributed by atoms with Crippen molar-refractivity contribution >= 4 is 0 Å². The van der Waals surface area contributed by atoms with Gasteiger partial charge in [-0.2, -0.15) is 4.98 Å². The summed E-state index contributed by atoms with van der Waals surface area (Å²) >= 11 is 0. The standard InChI is InChI=1S/C12H22N4O2/c1-3-4-12-14-11(15-18-12)8-16-5-6-17-10(7-16)9(2)13/h9-10H,3-8,13H2,1-2H3. The van der Waals surface area contributed by atoms with Gasteiger partial charge in [-0.1, -0.05) is 12.1 Å². The zero-order chi connectivity index (χ0) is 13.0. The monoisotopic (exact) mass is 254 g/mol. The fourth-order valence-corrected chi connectivity index (χ4v) is 2.06. The topological polar surface area (TPSA) is 77.4 Å². The SMILES string of the molecule is CCCc1nc(CN2CCOC(C(C)N)C2)no1. The Labute approximate surface area is 107 Å². The molecule has 1 aliphatic rings. The third-order valence-electron chi connectivity index (χ3n) is 3.10. The van der Waals surface area contributed by atoms with Crippen molar-refractivity contribution in [3.05, 3.63) is 11.7 Å². The Morgan fingerprint density at radius 1 is 1.56 bits per heavy atom. The number of nitrogens with two attached hydrogens (primary N) is 1. The molecule has 0 aromatic carbocycles. The van der Waals surface area contributed by atoms with Gasteiger partial charge in [0.05, 0.1) is 19.3 Å². The van der Waals surface area contributed by atoms with E-state index in [1.54, 1.807) is 0 Å². The zero-order valence-corrected chi connectivity index (χ0v) is 11.1. The van der Waals surface area contributed by atoms with Crippen molar-refractivity contribution in [2.45, 2.75) is 45.4 Å². The van der Waals surface area contributed by atoms with Crippen LogP contribution in [0.4, 0.5) is 0 Å². The number of aryl methyl sites for hydroxylation is 1. The Bertz CT molecular complexity index is 367. The number of hydrogen-bond acceptors (Lipinski definition) is 6. The third-order valence-corrected chi connectivity index (χ3v) is 3.10. The first-order valence-electron chi connectivity index (χ1n) is 6.60. The minimum Gasteiger partial charge on any atom is -0.374 e. The lowest BCUT2D eigenvalue weighted by atomic mass is 10.1. The van der Waals surface area contributed by atoms with Gasteiger partial charge in [0.2, 0.25) is 5.89 Å². The van der Waals surface area contributed by atoms with Gasteiger partial charge in [-0.05, 0) is 13.3 Å². The minimum absolute atomic E-state index is 0.0497.